The van der Waals surface area contributed by atoms with Crippen LogP contribution in [0.4, 0.5) is 0 Å². The van der Waals surface area contributed by atoms with E-state index in [1.807, 2.05) is 25.1 Å². The average Bonchev–Trinajstić information content (AvgIpc) is 2.68. The second-order valence-electron chi connectivity index (χ2n) is 4.01. The minimum absolute atomic E-state index is 0.0184. The molecule has 0 atom stereocenters. The number of H-pyrrole nitrogens is 1. The number of carbonyl (C=O) groups is 1. The Balaban J connectivity index is 2.42. The number of rotatable bonds is 4. The first-order valence-electron chi connectivity index (χ1n) is 5.51. The molecule has 0 aliphatic rings. The predicted molar refractivity (Wildman–Crippen MR) is 67.2 cm³/mol. The van der Waals surface area contributed by atoms with Crippen LogP contribution < -0.4 is 5.69 Å². The van der Waals surface area contributed by atoms with Crippen molar-refractivity contribution in [2.24, 2.45) is 5.16 Å². The summed E-state index contributed by atoms with van der Waals surface area (Å²) in [6, 6.07) is 5.60. The molecule has 0 bridgehead atoms. The number of aldehydes is 1. The summed E-state index contributed by atoms with van der Waals surface area (Å²) >= 11 is 0. The van der Waals surface area contributed by atoms with Crippen molar-refractivity contribution in [1.29, 1.82) is 0 Å². The van der Waals surface area contributed by atoms with Gasteiger partial charge in [-0.2, -0.15) is 0 Å². The fraction of sp³-hybridized carbons (Fsp3) is 0.250. The zero-order valence-electron chi connectivity index (χ0n) is 9.88. The lowest BCUT2D eigenvalue weighted by Gasteiger charge is -2.04. The van der Waals surface area contributed by atoms with Gasteiger partial charge in [-0.1, -0.05) is 17.3 Å². The molecule has 94 valence electrons. The van der Waals surface area contributed by atoms with Gasteiger partial charge in [0, 0.05) is 13.0 Å². The van der Waals surface area contributed by atoms with Crippen LogP contribution in [0.1, 0.15) is 12.0 Å². The molecule has 0 saturated carbocycles. The van der Waals surface area contributed by atoms with Gasteiger partial charge in [-0.05, 0) is 18.6 Å². The van der Waals surface area contributed by atoms with E-state index in [2.05, 4.69) is 10.1 Å². The smallest absolute Gasteiger partial charge is 0.326 e. The minimum atomic E-state index is -0.234. The van der Waals surface area contributed by atoms with Gasteiger partial charge in [-0.25, -0.2) is 4.79 Å². The van der Waals surface area contributed by atoms with Crippen LogP contribution in [0.5, 0.6) is 0 Å². The van der Waals surface area contributed by atoms with E-state index in [1.165, 1.54) is 0 Å². The van der Waals surface area contributed by atoms with Crippen molar-refractivity contribution in [1.82, 2.24) is 9.55 Å². The van der Waals surface area contributed by atoms with Crippen molar-refractivity contribution in [3.05, 3.63) is 34.2 Å². The van der Waals surface area contributed by atoms with Crippen LogP contribution in [0.25, 0.3) is 11.0 Å². The fourth-order valence-corrected chi connectivity index (χ4v) is 1.97. The van der Waals surface area contributed by atoms with Crippen LogP contribution in [-0.2, 0) is 11.3 Å². The number of carbonyl (C=O) groups excluding carboxylic acids is 1. The van der Waals surface area contributed by atoms with E-state index in [9.17, 15) is 9.59 Å². The molecule has 0 aliphatic heterocycles. The second kappa shape index (κ2) is 4.87. The van der Waals surface area contributed by atoms with E-state index < -0.39 is 0 Å². The van der Waals surface area contributed by atoms with Gasteiger partial charge in [0.15, 0.2) is 6.29 Å². The first kappa shape index (κ1) is 12.1. The number of para-hydroxylation sites is 1. The molecule has 1 aromatic carbocycles. The third-order valence-corrected chi connectivity index (χ3v) is 2.85. The summed E-state index contributed by atoms with van der Waals surface area (Å²) < 4.78 is 1.54. The predicted octanol–water partition coefficient (Wildman–Crippen LogP) is 1.06. The molecule has 2 aromatic rings. The van der Waals surface area contributed by atoms with Crippen molar-refractivity contribution in [3.63, 3.8) is 0 Å². The first-order chi connectivity index (χ1) is 8.67. The molecule has 0 radical (unpaired) electrons. The normalized spacial score (nSPS) is 11.9. The molecule has 0 spiro atoms. The highest BCUT2D eigenvalue weighted by molar-refractivity contribution is 6.27. The van der Waals surface area contributed by atoms with Crippen LogP contribution in [0.3, 0.4) is 0 Å². The van der Waals surface area contributed by atoms with Gasteiger partial charge in [0.1, 0.15) is 5.71 Å². The molecule has 0 saturated heterocycles. The van der Waals surface area contributed by atoms with Crippen LogP contribution in [0.15, 0.2) is 28.1 Å². The van der Waals surface area contributed by atoms with Crippen molar-refractivity contribution < 1.29 is 10.0 Å². The van der Waals surface area contributed by atoms with Crippen LogP contribution in [0.2, 0.25) is 0 Å². The molecule has 0 unspecified atom stereocenters. The number of benzene rings is 1. The first-order valence-corrected chi connectivity index (χ1v) is 5.51. The summed E-state index contributed by atoms with van der Waals surface area (Å²) in [5.41, 5.74) is 2.33. The third kappa shape index (κ3) is 2.04. The maximum atomic E-state index is 11.8. The zero-order valence-corrected chi connectivity index (χ0v) is 9.88. The summed E-state index contributed by atoms with van der Waals surface area (Å²) in [4.78, 5) is 25.1. The highest BCUT2D eigenvalue weighted by Gasteiger charge is 2.09. The Kier molecular flexibility index (Phi) is 3.27. The summed E-state index contributed by atoms with van der Waals surface area (Å²) in [5, 5.41) is 11.4. The SMILES string of the molecule is Cc1cccc2[nH]c(=O)n(CC/C(C=O)=N/O)c12. The topological polar surface area (TPSA) is 87.5 Å². The van der Waals surface area contributed by atoms with Crippen LogP contribution in [0, 0.1) is 6.92 Å². The highest BCUT2D eigenvalue weighted by Crippen LogP contribution is 2.15. The largest absolute Gasteiger partial charge is 0.411 e. The number of hydrogen-bond donors (Lipinski definition) is 2. The second-order valence-corrected chi connectivity index (χ2v) is 4.01. The number of aromatic nitrogens is 2. The number of imidazole rings is 1. The Bertz CT molecular complexity index is 667. The molecule has 0 aliphatic carbocycles. The summed E-state index contributed by atoms with van der Waals surface area (Å²) in [6.07, 6.45) is 0.688. The molecule has 1 heterocycles. The van der Waals surface area contributed by atoms with Gasteiger partial charge >= 0.3 is 5.69 Å². The molecule has 18 heavy (non-hydrogen) atoms. The van der Waals surface area contributed by atoms with E-state index in [-0.39, 0.29) is 17.8 Å². The maximum Gasteiger partial charge on any atom is 0.326 e. The van der Waals surface area contributed by atoms with E-state index in [0.717, 1.165) is 16.6 Å². The van der Waals surface area contributed by atoms with Crippen molar-refractivity contribution in [2.45, 2.75) is 19.9 Å². The molecular weight excluding hydrogens is 234 g/mol. The number of aryl methyl sites for hydroxylation is 2. The lowest BCUT2D eigenvalue weighted by Crippen LogP contribution is -2.19. The fourth-order valence-electron chi connectivity index (χ4n) is 1.97. The molecule has 0 amide bonds. The summed E-state index contributed by atoms with van der Waals surface area (Å²) in [5.74, 6) is 0. The Morgan fingerprint density at radius 2 is 2.33 bits per heavy atom. The van der Waals surface area contributed by atoms with Crippen molar-refractivity contribution in [2.75, 3.05) is 0 Å². The molecule has 1 aromatic heterocycles. The van der Waals surface area contributed by atoms with Crippen molar-refractivity contribution >= 4 is 23.0 Å². The monoisotopic (exact) mass is 247 g/mol. The quantitative estimate of drug-likeness (QED) is 0.366. The lowest BCUT2D eigenvalue weighted by atomic mass is 10.2. The Morgan fingerprint density at radius 3 is 3.00 bits per heavy atom. The molecule has 2 N–H and O–H groups in total. The Labute approximate surface area is 103 Å². The highest BCUT2D eigenvalue weighted by atomic mass is 16.4. The number of aromatic amines is 1. The van der Waals surface area contributed by atoms with E-state index in [0.29, 0.717) is 12.8 Å². The number of nitrogens with one attached hydrogen (secondary N) is 1. The third-order valence-electron chi connectivity index (χ3n) is 2.85. The Hall–Kier alpha value is -2.37. The van der Waals surface area contributed by atoms with E-state index in [1.54, 1.807) is 4.57 Å². The number of oxime groups is 1. The Morgan fingerprint density at radius 1 is 1.56 bits per heavy atom. The molecule has 6 heteroatoms. The minimum Gasteiger partial charge on any atom is -0.411 e. The molecule has 0 fully saturated rings. The van der Waals surface area contributed by atoms with E-state index >= 15 is 0 Å². The van der Waals surface area contributed by atoms with Gasteiger partial charge in [-0.15, -0.1) is 0 Å². The van der Waals surface area contributed by atoms with Crippen molar-refractivity contribution in [3.8, 4) is 0 Å². The van der Waals surface area contributed by atoms with Gasteiger partial charge in [0.05, 0.1) is 11.0 Å². The van der Waals surface area contributed by atoms with Gasteiger partial charge < -0.3 is 10.2 Å². The number of hydrogen-bond acceptors (Lipinski definition) is 4. The van der Waals surface area contributed by atoms with Crippen LogP contribution in [-0.4, -0.2) is 26.8 Å². The standard InChI is InChI=1S/C12H13N3O3/c1-8-3-2-4-10-11(8)15(12(17)13-10)6-5-9(7-16)14-18/h2-4,7,18H,5-6H2,1H3,(H,13,17)/b14-9-. The van der Waals surface area contributed by atoms with Crippen LogP contribution >= 0.6 is 0 Å². The molecule has 2 rings (SSSR count). The number of fused-ring (bicyclic) bond motifs is 1. The van der Waals surface area contributed by atoms with Gasteiger partial charge in [-0.3, -0.25) is 9.36 Å². The van der Waals surface area contributed by atoms with E-state index in [4.69, 9.17) is 5.21 Å². The van der Waals surface area contributed by atoms with Gasteiger partial charge in [0.2, 0.25) is 0 Å². The molecular formula is C12H13N3O3. The number of nitrogens with zero attached hydrogens (tertiary/aromatic N) is 2. The summed E-state index contributed by atoms with van der Waals surface area (Å²) in [7, 11) is 0. The summed E-state index contributed by atoms with van der Waals surface area (Å²) in [6.45, 7) is 2.20. The molecule has 6 nitrogen and oxygen atoms in total. The van der Waals surface area contributed by atoms with Gasteiger partial charge in [0.25, 0.3) is 0 Å². The average molecular weight is 247 g/mol. The lowest BCUT2D eigenvalue weighted by molar-refractivity contribution is -0.102. The zero-order chi connectivity index (χ0) is 13.1. The maximum absolute atomic E-state index is 11.8.